The van der Waals surface area contributed by atoms with E-state index in [1.165, 1.54) is 6.07 Å². The van der Waals surface area contributed by atoms with Gasteiger partial charge in [-0.2, -0.15) is 0 Å². The molecule has 8 nitrogen and oxygen atoms in total. The van der Waals surface area contributed by atoms with Crippen LogP contribution in [0, 0.1) is 10.1 Å². The predicted molar refractivity (Wildman–Crippen MR) is 121 cm³/mol. The van der Waals surface area contributed by atoms with Gasteiger partial charge in [-0.1, -0.05) is 61.9 Å². The highest BCUT2D eigenvalue weighted by molar-refractivity contribution is 5.73. The molecule has 0 radical (unpaired) electrons. The Morgan fingerprint density at radius 3 is 2.59 bits per heavy atom. The number of aromatic nitrogens is 2. The fourth-order valence-electron chi connectivity index (χ4n) is 3.64. The second kappa shape index (κ2) is 11.2. The number of benzene rings is 2. The summed E-state index contributed by atoms with van der Waals surface area (Å²) in [5, 5.41) is 24.3. The highest BCUT2D eigenvalue weighted by atomic mass is 16.6. The molecule has 0 unspecified atom stereocenters. The van der Waals surface area contributed by atoms with Gasteiger partial charge in [-0.25, -0.2) is 4.98 Å². The lowest BCUT2D eigenvalue weighted by molar-refractivity contribution is -0.385. The first-order chi connectivity index (χ1) is 15.5. The topological polar surface area (TPSA) is 110 Å². The molecule has 8 heteroatoms. The normalized spacial score (nSPS) is 11.9. The number of imidazole rings is 1. The summed E-state index contributed by atoms with van der Waals surface area (Å²) in [6, 6.07) is 15.4. The molecule has 0 aliphatic carbocycles. The fraction of sp³-hybridized carbons (Fsp3) is 0.333. The lowest BCUT2D eigenvalue weighted by atomic mass is 10.1. The standard InChI is InChI=1S/C24H28N4O4/c1-2-3-13-23-26-16-20(27(23)17-19-11-7-8-12-22(19)28(31)32)15-25-21(24(29)30)14-18-9-5-4-6-10-18/h4-12,16,21,25H,2-3,13-15,17H2,1H3,(H,29,30)/t21-/m0/s1. The highest BCUT2D eigenvalue weighted by Gasteiger charge is 2.20. The van der Waals surface area contributed by atoms with Crippen LogP contribution in [0.4, 0.5) is 5.69 Å². The number of unbranched alkanes of at least 4 members (excludes halogenated alkanes) is 1. The van der Waals surface area contributed by atoms with Gasteiger partial charge < -0.3 is 9.67 Å². The van der Waals surface area contributed by atoms with Gasteiger partial charge in [0, 0.05) is 30.8 Å². The maximum atomic E-state index is 11.8. The summed E-state index contributed by atoms with van der Waals surface area (Å²) in [6.07, 6.45) is 4.80. The van der Waals surface area contributed by atoms with E-state index in [2.05, 4.69) is 17.2 Å². The van der Waals surface area contributed by atoms with Crippen LogP contribution >= 0.6 is 0 Å². The van der Waals surface area contributed by atoms with Gasteiger partial charge in [-0.3, -0.25) is 20.2 Å². The van der Waals surface area contributed by atoms with Crippen molar-refractivity contribution in [1.29, 1.82) is 0 Å². The van der Waals surface area contributed by atoms with Crippen LogP contribution in [0.2, 0.25) is 0 Å². The SMILES string of the molecule is CCCCc1ncc(CN[C@@H](Cc2ccccc2)C(=O)O)n1Cc1ccccc1[N+](=O)[O-]. The van der Waals surface area contributed by atoms with E-state index in [1.807, 2.05) is 34.9 Å². The van der Waals surface area contributed by atoms with Gasteiger partial charge in [0.2, 0.25) is 0 Å². The molecule has 1 heterocycles. The van der Waals surface area contributed by atoms with Crippen molar-refractivity contribution in [2.24, 2.45) is 0 Å². The molecule has 168 valence electrons. The predicted octanol–water partition coefficient (Wildman–Crippen LogP) is 3.97. The van der Waals surface area contributed by atoms with E-state index in [1.54, 1.807) is 24.4 Å². The number of carbonyl (C=O) groups is 1. The largest absolute Gasteiger partial charge is 0.480 e. The maximum Gasteiger partial charge on any atom is 0.321 e. The summed E-state index contributed by atoms with van der Waals surface area (Å²) in [5.41, 5.74) is 2.39. The molecular formula is C24H28N4O4. The molecule has 32 heavy (non-hydrogen) atoms. The third-order valence-electron chi connectivity index (χ3n) is 5.40. The first-order valence-corrected chi connectivity index (χ1v) is 10.7. The summed E-state index contributed by atoms with van der Waals surface area (Å²) < 4.78 is 1.96. The van der Waals surface area contributed by atoms with Gasteiger partial charge in [-0.05, 0) is 18.4 Å². The Morgan fingerprint density at radius 1 is 1.19 bits per heavy atom. The van der Waals surface area contributed by atoms with Gasteiger partial charge >= 0.3 is 5.97 Å². The highest BCUT2D eigenvalue weighted by Crippen LogP contribution is 2.21. The number of carboxylic acid groups (broad SMARTS) is 1. The number of rotatable bonds is 12. The van der Waals surface area contributed by atoms with Crippen LogP contribution in [0.5, 0.6) is 0 Å². The third kappa shape index (κ3) is 6.01. The number of aliphatic carboxylic acids is 1. The van der Waals surface area contributed by atoms with Crippen LogP contribution in [-0.2, 0) is 30.7 Å². The summed E-state index contributed by atoms with van der Waals surface area (Å²) >= 11 is 0. The molecule has 1 aromatic heterocycles. The van der Waals surface area contributed by atoms with Crippen LogP contribution in [0.25, 0.3) is 0 Å². The number of nitrogens with zero attached hydrogens (tertiary/aromatic N) is 3. The molecule has 3 aromatic rings. The second-order valence-corrected chi connectivity index (χ2v) is 7.70. The number of nitro groups is 1. The number of hydrogen-bond donors (Lipinski definition) is 2. The first-order valence-electron chi connectivity index (χ1n) is 10.7. The number of aryl methyl sites for hydroxylation is 1. The first kappa shape index (κ1) is 23.1. The van der Waals surface area contributed by atoms with E-state index < -0.39 is 12.0 Å². The van der Waals surface area contributed by atoms with E-state index >= 15 is 0 Å². The smallest absolute Gasteiger partial charge is 0.321 e. The van der Waals surface area contributed by atoms with Crippen LogP contribution < -0.4 is 5.32 Å². The molecule has 0 saturated heterocycles. The van der Waals surface area contributed by atoms with E-state index in [4.69, 9.17) is 0 Å². The number of nitrogens with one attached hydrogen (secondary N) is 1. The van der Waals surface area contributed by atoms with Crippen molar-refractivity contribution in [3.8, 4) is 0 Å². The Kier molecular flexibility index (Phi) is 8.10. The Balaban J connectivity index is 1.82. The van der Waals surface area contributed by atoms with Crippen molar-refractivity contribution in [1.82, 2.24) is 14.9 Å². The Hall–Kier alpha value is -3.52. The number of hydrogen-bond acceptors (Lipinski definition) is 5. The number of carboxylic acids is 1. The Labute approximate surface area is 187 Å². The molecule has 2 N–H and O–H groups in total. The molecule has 3 rings (SSSR count). The van der Waals surface area contributed by atoms with Gasteiger partial charge in [-0.15, -0.1) is 0 Å². The van der Waals surface area contributed by atoms with Crippen molar-refractivity contribution >= 4 is 11.7 Å². The zero-order chi connectivity index (χ0) is 22.9. The van der Waals surface area contributed by atoms with Gasteiger partial charge in [0.15, 0.2) is 0 Å². The van der Waals surface area contributed by atoms with E-state index in [-0.39, 0.29) is 10.6 Å². The van der Waals surface area contributed by atoms with E-state index in [9.17, 15) is 20.0 Å². The summed E-state index contributed by atoms with van der Waals surface area (Å²) in [7, 11) is 0. The molecular weight excluding hydrogens is 408 g/mol. The van der Waals surface area contributed by atoms with E-state index in [0.717, 1.165) is 36.3 Å². The number of para-hydroxylation sites is 1. The summed E-state index contributed by atoms with van der Waals surface area (Å²) in [4.78, 5) is 27.4. The van der Waals surface area contributed by atoms with Crippen LogP contribution in [-0.4, -0.2) is 31.6 Å². The molecule has 0 saturated carbocycles. The summed E-state index contributed by atoms with van der Waals surface area (Å²) in [6.45, 7) is 2.70. The lowest BCUT2D eigenvalue weighted by Gasteiger charge is -2.17. The molecule has 2 aromatic carbocycles. The van der Waals surface area contributed by atoms with Crippen LogP contribution in [0.3, 0.4) is 0 Å². The average molecular weight is 437 g/mol. The van der Waals surface area contributed by atoms with E-state index in [0.29, 0.717) is 25.1 Å². The van der Waals surface area contributed by atoms with Crippen LogP contribution in [0.1, 0.15) is 42.4 Å². The fourth-order valence-corrected chi connectivity index (χ4v) is 3.64. The van der Waals surface area contributed by atoms with Crippen molar-refractivity contribution in [2.75, 3.05) is 0 Å². The van der Waals surface area contributed by atoms with Gasteiger partial charge in [0.25, 0.3) is 5.69 Å². The minimum Gasteiger partial charge on any atom is -0.480 e. The molecule has 0 spiro atoms. The van der Waals surface area contributed by atoms with Crippen LogP contribution in [0.15, 0.2) is 60.8 Å². The number of nitro benzene ring substituents is 1. The van der Waals surface area contributed by atoms with Crippen molar-refractivity contribution < 1.29 is 14.8 Å². The monoisotopic (exact) mass is 436 g/mol. The molecule has 0 aliphatic heterocycles. The second-order valence-electron chi connectivity index (χ2n) is 7.70. The van der Waals surface area contributed by atoms with Gasteiger partial charge in [0.05, 0.1) is 17.2 Å². The third-order valence-corrected chi connectivity index (χ3v) is 5.40. The van der Waals surface area contributed by atoms with Crippen molar-refractivity contribution in [2.45, 2.75) is 51.7 Å². The molecule has 0 fully saturated rings. The Bertz CT molecular complexity index is 1050. The minimum atomic E-state index is -0.926. The zero-order valence-corrected chi connectivity index (χ0v) is 18.1. The quantitative estimate of drug-likeness (QED) is 0.328. The average Bonchev–Trinajstić information content (AvgIpc) is 3.17. The zero-order valence-electron chi connectivity index (χ0n) is 18.1. The lowest BCUT2D eigenvalue weighted by Crippen LogP contribution is -2.38. The van der Waals surface area contributed by atoms with Gasteiger partial charge in [0.1, 0.15) is 11.9 Å². The molecule has 1 atom stereocenters. The summed E-state index contributed by atoms with van der Waals surface area (Å²) in [5.74, 6) is -0.0819. The molecule has 0 aliphatic rings. The van der Waals surface area contributed by atoms with Crippen molar-refractivity contribution in [3.63, 3.8) is 0 Å². The molecule has 0 bridgehead atoms. The van der Waals surface area contributed by atoms with Crippen molar-refractivity contribution in [3.05, 3.63) is 93.6 Å². The minimum absolute atomic E-state index is 0.0639. The maximum absolute atomic E-state index is 11.8. The molecule has 0 amide bonds. The Morgan fingerprint density at radius 2 is 1.91 bits per heavy atom.